The molecule has 0 spiro atoms. The molecule has 0 amide bonds. The summed E-state index contributed by atoms with van der Waals surface area (Å²) in [5.41, 5.74) is 1.70. The summed E-state index contributed by atoms with van der Waals surface area (Å²) in [5, 5.41) is 12.5. The number of nitrogens with one attached hydrogen (secondary N) is 1. The fourth-order valence-corrected chi connectivity index (χ4v) is 1.99. The van der Waals surface area contributed by atoms with Crippen LogP contribution in [0.4, 0.5) is 0 Å². The zero-order valence-corrected chi connectivity index (χ0v) is 12.1. The molecule has 0 aliphatic rings. The summed E-state index contributed by atoms with van der Waals surface area (Å²) in [6.45, 7) is 2.06. The number of halogens is 1. The predicted octanol–water partition coefficient (Wildman–Crippen LogP) is 4.28. The molecule has 0 saturated heterocycles. The van der Waals surface area contributed by atoms with Gasteiger partial charge < -0.3 is 10.1 Å². The summed E-state index contributed by atoms with van der Waals surface area (Å²) in [4.78, 5) is 0. The summed E-state index contributed by atoms with van der Waals surface area (Å²) in [5.74, 6) is 1.25. The van der Waals surface area contributed by atoms with Gasteiger partial charge in [0.15, 0.2) is 0 Å². The lowest BCUT2D eigenvalue weighted by Crippen LogP contribution is -2.12. The second kappa shape index (κ2) is 6.42. The van der Waals surface area contributed by atoms with E-state index < -0.39 is 0 Å². The normalized spacial score (nSPS) is 11.7. The summed E-state index contributed by atoms with van der Waals surface area (Å²) < 4.78 is 5.72. The topological polar surface area (TPSA) is 45.0 Å². The van der Waals surface area contributed by atoms with Gasteiger partial charge in [-0.2, -0.15) is 5.26 Å². The molecule has 0 radical (unpaired) electrons. The molecule has 0 saturated carbocycles. The van der Waals surface area contributed by atoms with E-state index in [1.165, 1.54) is 0 Å². The third kappa shape index (κ3) is 3.30. The monoisotopic (exact) mass is 286 g/mol. The Morgan fingerprint density at radius 1 is 1.20 bits per heavy atom. The summed E-state index contributed by atoms with van der Waals surface area (Å²) in [7, 11) is 1.90. The van der Waals surface area contributed by atoms with Crippen molar-refractivity contribution in [3.05, 3.63) is 58.6 Å². The Balaban J connectivity index is 2.19. The predicted molar refractivity (Wildman–Crippen MR) is 80.2 cm³/mol. The molecule has 0 fully saturated rings. The van der Waals surface area contributed by atoms with Gasteiger partial charge in [0.2, 0.25) is 0 Å². The van der Waals surface area contributed by atoms with Crippen LogP contribution < -0.4 is 10.1 Å². The second-order valence-electron chi connectivity index (χ2n) is 4.44. The van der Waals surface area contributed by atoms with Gasteiger partial charge in [0.1, 0.15) is 11.5 Å². The molecular weight excluding hydrogens is 272 g/mol. The first-order valence-corrected chi connectivity index (χ1v) is 6.66. The standard InChI is InChI=1S/C16H15ClN2O/c1-11(19-2)13-5-8-16(15(17)9-13)20-14-6-3-12(10-18)4-7-14/h3-9,11,19H,1-2H3. The van der Waals surface area contributed by atoms with Gasteiger partial charge in [-0.1, -0.05) is 17.7 Å². The number of nitrogens with zero attached hydrogens (tertiary/aromatic N) is 1. The van der Waals surface area contributed by atoms with Gasteiger partial charge in [-0.25, -0.2) is 0 Å². The highest BCUT2D eigenvalue weighted by atomic mass is 35.5. The first-order chi connectivity index (χ1) is 9.63. The molecule has 4 heteroatoms. The van der Waals surface area contributed by atoms with E-state index in [4.69, 9.17) is 21.6 Å². The maximum absolute atomic E-state index is 8.75. The van der Waals surface area contributed by atoms with E-state index in [0.717, 1.165) is 5.56 Å². The average Bonchev–Trinajstić information content (AvgIpc) is 2.49. The minimum Gasteiger partial charge on any atom is -0.456 e. The first-order valence-electron chi connectivity index (χ1n) is 6.28. The lowest BCUT2D eigenvalue weighted by atomic mass is 10.1. The summed E-state index contributed by atoms with van der Waals surface area (Å²) in [6, 6.07) is 14.9. The Morgan fingerprint density at radius 2 is 1.90 bits per heavy atom. The number of benzene rings is 2. The smallest absolute Gasteiger partial charge is 0.146 e. The SMILES string of the molecule is CNC(C)c1ccc(Oc2ccc(C#N)cc2)c(Cl)c1. The van der Waals surface area contributed by atoms with Crippen LogP contribution in [-0.4, -0.2) is 7.05 Å². The van der Waals surface area contributed by atoms with Crippen molar-refractivity contribution in [2.24, 2.45) is 0 Å². The van der Waals surface area contributed by atoms with E-state index in [0.29, 0.717) is 22.1 Å². The molecule has 1 N–H and O–H groups in total. The summed E-state index contributed by atoms with van der Waals surface area (Å²) in [6.07, 6.45) is 0. The molecule has 102 valence electrons. The van der Waals surface area contributed by atoms with Crippen LogP contribution in [0.3, 0.4) is 0 Å². The Morgan fingerprint density at radius 3 is 2.45 bits per heavy atom. The molecule has 1 atom stereocenters. The van der Waals surface area contributed by atoms with Crippen molar-refractivity contribution >= 4 is 11.6 Å². The highest BCUT2D eigenvalue weighted by Gasteiger charge is 2.08. The first kappa shape index (κ1) is 14.4. The van der Waals surface area contributed by atoms with Crippen LogP contribution in [0.1, 0.15) is 24.1 Å². The molecule has 1 unspecified atom stereocenters. The fraction of sp³-hybridized carbons (Fsp3) is 0.188. The quantitative estimate of drug-likeness (QED) is 0.912. The number of hydrogen-bond acceptors (Lipinski definition) is 3. The van der Waals surface area contributed by atoms with Gasteiger partial charge >= 0.3 is 0 Å². The van der Waals surface area contributed by atoms with Crippen LogP contribution in [0, 0.1) is 11.3 Å². The molecule has 0 aliphatic carbocycles. The second-order valence-corrected chi connectivity index (χ2v) is 4.85. The third-order valence-corrected chi connectivity index (χ3v) is 3.40. The van der Waals surface area contributed by atoms with Crippen LogP contribution in [0.25, 0.3) is 0 Å². The van der Waals surface area contributed by atoms with E-state index in [2.05, 4.69) is 18.3 Å². The number of ether oxygens (including phenoxy) is 1. The zero-order valence-electron chi connectivity index (χ0n) is 11.4. The molecule has 0 heterocycles. The molecule has 2 rings (SSSR count). The summed E-state index contributed by atoms with van der Waals surface area (Å²) >= 11 is 6.23. The van der Waals surface area contributed by atoms with Crippen molar-refractivity contribution in [2.45, 2.75) is 13.0 Å². The number of hydrogen-bond donors (Lipinski definition) is 1. The number of rotatable bonds is 4. The van der Waals surface area contributed by atoms with E-state index in [9.17, 15) is 0 Å². The van der Waals surface area contributed by atoms with Crippen molar-refractivity contribution in [2.75, 3.05) is 7.05 Å². The molecule has 0 bridgehead atoms. The maximum atomic E-state index is 8.75. The number of nitriles is 1. The maximum Gasteiger partial charge on any atom is 0.146 e. The van der Waals surface area contributed by atoms with Gasteiger partial charge in [-0.3, -0.25) is 0 Å². The molecule has 0 aliphatic heterocycles. The van der Waals surface area contributed by atoms with Gasteiger partial charge in [0, 0.05) is 6.04 Å². The van der Waals surface area contributed by atoms with E-state index >= 15 is 0 Å². The molecular formula is C16H15ClN2O. The lowest BCUT2D eigenvalue weighted by molar-refractivity contribution is 0.482. The highest BCUT2D eigenvalue weighted by Crippen LogP contribution is 2.31. The van der Waals surface area contributed by atoms with Gasteiger partial charge in [0.05, 0.1) is 16.7 Å². The lowest BCUT2D eigenvalue weighted by Gasteiger charge is -2.13. The molecule has 20 heavy (non-hydrogen) atoms. The van der Waals surface area contributed by atoms with Crippen LogP contribution in [0.15, 0.2) is 42.5 Å². The van der Waals surface area contributed by atoms with E-state index in [-0.39, 0.29) is 6.04 Å². The van der Waals surface area contributed by atoms with Crippen LogP contribution in [0.5, 0.6) is 11.5 Å². The highest BCUT2D eigenvalue weighted by molar-refractivity contribution is 6.32. The molecule has 2 aromatic rings. The van der Waals surface area contributed by atoms with Gasteiger partial charge in [-0.05, 0) is 55.9 Å². The van der Waals surface area contributed by atoms with Gasteiger partial charge in [-0.15, -0.1) is 0 Å². The van der Waals surface area contributed by atoms with Crippen LogP contribution in [0.2, 0.25) is 5.02 Å². The van der Waals surface area contributed by atoms with E-state index in [1.807, 2.05) is 25.2 Å². The Hall–Kier alpha value is -2.02. The Labute approximate surface area is 123 Å². The Kier molecular flexibility index (Phi) is 4.62. The molecule has 2 aromatic carbocycles. The minimum absolute atomic E-state index is 0.233. The zero-order chi connectivity index (χ0) is 14.5. The minimum atomic E-state index is 0.233. The molecule has 3 nitrogen and oxygen atoms in total. The van der Waals surface area contributed by atoms with Crippen molar-refractivity contribution in [1.29, 1.82) is 5.26 Å². The van der Waals surface area contributed by atoms with Crippen molar-refractivity contribution in [3.8, 4) is 17.6 Å². The Bertz CT molecular complexity index is 632. The van der Waals surface area contributed by atoms with Crippen molar-refractivity contribution < 1.29 is 4.74 Å². The van der Waals surface area contributed by atoms with Crippen LogP contribution >= 0.6 is 11.6 Å². The van der Waals surface area contributed by atoms with Crippen molar-refractivity contribution in [1.82, 2.24) is 5.32 Å². The molecule has 0 aromatic heterocycles. The van der Waals surface area contributed by atoms with Crippen molar-refractivity contribution in [3.63, 3.8) is 0 Å². The fourth-order valence-electron chi connectivity index (χ4n) is 1.76. The van der Waals surface area contributed by atoms with Gasteiger partial charge in [0.25, 0.3) is 0 Å². The largest absolute Gasteiger partial charge is 0.456 e. The third-order valence-electron chi connectivity index (χ3n) is 3.10. The van der Waals surface area contributed by atoms with Crippen LogP contribution in [-0.2, 0) is 0 Å². The average molecular weight is 287 g/mol. The van der Waals surface area contributed by atoms with E-state index in [1.54, 1.807) is 24.3 Å².